The molecule has 0 atom stereocenters. The number of anilines is 2. The Balaban J connectivity index is 1.53. The van der Waals surface area contributed by atoms with Crippen LogP contribution in [0.4, 0.5) is 11.6 Å². The van der Waals surface area contributed by atoms with E-state index in [4.69, 9.17) is 4.98 Å². The van der Waals surface area contributed by atoms with Gasteiger partial charge in [-0.25, -0.2) is 4.98 Å². The summed E-state index contributed by atoms with van der Waals surface area (Å²) in [5, 5.41) is 1.88. The zero-order valence-electron chi connectivity index (χ0n) is 19.3. The van der Waals surface area contributed by atoms with Gasteiger partial charge in [0.1, 0.15) is 11.2 Å². The first-order valence-electron chi connectivity index (χ1n) is 11.3. The van der Waals surface area contributed by atoms with Gasteiger partial charge in [0, 0.05) is 45.0 Å². The van der Waals surface area contributed by atoms with Gasteiger partial charge in [-0.05, 0) is 56.3 Å². The number of carbonyl (C=O) groups is 1. The van der Waals surface area contributed by atoms with Crippen LogP contribution in [0.5, 0.6) is 0 Å². The number of rotatable bonds is 6. The molecule has 32 heavy (non-hydrogen) atoms. The lowest BCUT2D eigenvalue weighted by molar-refractivity contribution is -0.132. The van der Waals surface area contributed by atoms with Crippen LogP contribution in [0.2, 0.25) is 0 Å². The number of hydrogen-bond acceptors (Lipinski definition) is 6. The molecule has 7 nitrogen and oxygen atoms in total. The molecule has 3 heterocycles. The summed E-state index contributed by atoms with van der Waals surface area (Å²) in [6.45, 7) is 12.7. The number of fused-ring (bicyclic) bond motifs is 1. The minimum absolute atomic E-state index is 0.0228. The predicted molar refractivity (Wildman–Crippen MR) is 132 cm³/mol. The van der Waals surface area contributed by atoms with E-state index in [1.807, 2.05) is 35.1 Å². The highest BCUT2D eigenvalue weighted by Crippen LogP contribution is 2.24. The molecule has 1 saturated heterocycles. The number of amides is 1. The van der Waals surface area contributed by atoms with Crippen molar-refractivity contribution >= 4 is 39.1 Å². The third-order valence-electron chi connectivity index (χ3n) is 6.43. The molecule has 170 valence electrons. The van der Waals surface area contributed by atoms with Gasteiger partial charge in [-0.15, -0.1) is 11.3 Å². The van der Waals surface area contributed by atoms with E-state index in [0.717, 1.165) is 26.2 Å². The number of aromatic nitrogens is 2. The molecule has 1 aliphatic heterocycles. The van der Waals surface area contributed by atoms with Crippen LogP contribution in [-0.4, -0.2) is 59.6 Å². The largest absolute Gasteiger partial charge is 0.368 e. The third-order valence-corrected chi connectivity index (χ3v) is 7.33. The Morgan fingerprint density at radius 2 is 1.81 bits per heavy atom. The first kappa shape index (κ1) is 22.3. The molecule has 1 aliphatic rings. The second-order valence-corrected chi connectivity index (χ2v) is 9.11. The molecule has 0 radical (unpaired) electrons. The number of thiophene rings is 1. The van der Waals surface area contributed by atoms with Crippen LogP contribution < -0.4 is 15.4 Å². The summed E-state index contributed by atoms with van der Waals surface area (Å²) >= 11 is 1.38. The van der Waals surface area contributed by atoms with E-state index in [1.54, 1.807) is 4.57 Å². The Kier molecular flexibility index (Phi) is 6.50. The monoisotopic (exact) mass is 453 g/mol. The summed E-state index contributed by atoms with van der Waals surface area (Å²) in [4.78, 5) is 37.4. The average Bonchev–Trinajstić information content (AvgIpc) is 3.28. The zero-order valence-corrected chi connectivity index (χ0v) is 20.1. The number of benzene rings is 1. The second-order valence-electron chi connectivity index (χ2n) is 8.20. The predicted octanol–water partition coefficient (Wildman–Crippen LogP) is 3.27. The van der Waals surface area contributed by atoms with Gasteiger partial charge in [-0.1, -0.05) is 12.1 Å². The normalized spacial score (nSPS) is 14.2. The smallest absolute Gasteiger partial charge is 0.273 e. The van der Waals surface area contributed by atoms with Crippen molar-refractivity contribution in [2.45, 2.75) is 34.2 Å². The first-order chi connectivity index (χ1) is 15.4. The fourth-order valence-corrected chi connectivity index (χ4v) is 5.11. The Morgan fingerprint density at radius 3 is 2.50 bits per heavy atom. The van der Waals surface area contributed by atoms with Crippen molar-refractivity contribution in [3.05, 3.63) is 51.1 Å². The molecular weight excluding hydrogens is 422 g/mol. The van der Waals surface area contributed by atoms with E-state index >= 15 is 0 Å². The topological polar surface area (TPSA) is 61.7 Å². The van der Waals surface area contributed by atoms with Crippen molar-refractivity contribution in [2.24, 2.45) is 0 Å². The summed E-state index contributed by atoms with van der Waals surface area (Å²) in [5.74, 6) is 0.548. The number of nitrogens with zero attached hydrogens (tertiary/aromatic N) is 5. The third kappa shape index (κ3) is 4.11. The molecule has 3 aromatic rings. The molecule has 2 aromatic heterocycles. The van der Waals surface area contributed by atoms with E-state index in [1.165, 1.54) is 28.2 Å². The second kappa shape index (κ2) is 9.32. The Hall–Kier alpha value is -2.87. The van der Waals surface area contributed by atoms with Gasteiger partial charge in [-0.3, -0.25) is 14.2 Å². The maximum Gasteiger partial charge on any atom is 0.273 e. The number of aryl methyl sites for hydroxylation is 1. The van der Waals surface area contributed by atoms with Crippen LogP contribution in [-0.2, 0) is 11.3 Å². The highest BCUT2D eigenvalue weighted by Gasteiger charge is 2.25. The Bertz CT molecular complexity index is 1170. The van der Waals surface area contributed by atoms with Gasteiger partial charge in [0.2, 0.25) is 11.9 Å². The molecule has 8 heteroatoms. The first-order valence-corrected chi connectivity index (χ1v) is 12.1. The molecule has 0 N–H and O–H groups in total. The van der Waals surface area contributed by atoms with Crippen molar-refractivity contribution in [3.8, 4) is 0 Å². The standard InChI is InChI=1S/C24H31N5O2S/c1-5-26(6-2)24-25-19-10-15-32-22(19)23(31)29(24)16-21(30)28-13-11-27(12-14-28)20-9-7-8-17(3)18(20)4/h7-10,15H,5-6,11-14,16H2,1-4H3. The van der Waals surface area contributed by atoms with E-state index in [-0.39, 0.29) is 18.0 Å². The quantitative estimate of drug-likeness (QED) is 0.573. The highest BCUT2D eigenvalue weighted by atomic mass is 32.1. The maximum absolute atomic E-state index is 13.2. The molecule has 1 amide bonds. The van der Waals surface area contributed by atoms with Crippen molar-refractivity contribution in [1.82, 2.24) is 14.5 Å². The fraction of sp³-hybridized carbons (Fsp3) is 0.458. The summed E-state index contributed by atoms with van der Waals surface area (Å²) in [6, 6.07) is 8.23. The summed E-state index contributed by atoms with van der Waals surface area (Å²) in [6.07, 6.45) is 0. The Labute approximate surface area is 192 Å². The van der Waals surface area contributed by atoms with Crippen LogP contribution in [0.15, 0.2) is 34.4 Å². The maximum atomic E-state index is 13.2. The SMILES string of the molecule is CCN(CC)c1nc2ccsc2c(=O)n1CC(=O)N1CCN(c2cccc(C)c2C)CC1. The van der Waals surface area contributed by atoms with E-state index < -0.39 is 0 Å². The molecule has 0 spiro atoms. The fourth-order valence-electron chi connectivity index (χ4n) is 4.33. The van der Waals surface area contributed by atoms with Gasteiger partial charge in [-0.2, -0.15) is 0 Å². The molecule has 0 unspecified atom stereocenters. The number of piperazine rings is 1. The lowest BCUT2D eigenvalue weighted by atomic mass is 10.1. The average molecular weight is 454 g/mol. The molecule has 0 aliphatic carbocycles. The van der Waals surface area contributed by atoms with Crippen LogP contribution in [0.3, 0.4) is 0 Å². The van der Waals surface area contributed by atoms with Crippen LogP contribution in [0.25, 0.3) is 10.2 Å². The van der Waals surface area contributed by atoms with Gasteiger partial charge >= 0.3 is 0 Å². The summed E-state index contributed by atoms with van der Waals surface area (Å²) < 4.78 is 2.17. The van der Waals surface area contributed by atoms with Crippen LogP contribution >= 0.6 is 11.3 Å². The van der Waals surface area contributed by atoms with Gasteiger partial charge in [0.15, 0.2) is 0 Å². The summed E-state index contributed by atoms with van der Waals surface area (Å²) in [7, 11) is 0. The highest BCUT2D eigenvalue weighted by molar-refractivity contribution is 7.17. The molecule has 1 fully saturated rings. The summed E-state index contributed by atoms with van der Waals surface area (Å²) in [5.41, 5.74) is 4.38. The van der Waals surface area contributed by atoms with Crippen molar-refractivity contribution < 1.29 is 4.79 Å². The molecule has 0 saturated carbocycles. The number of hydrogen-bond donors (Lipinski definition) is 0. The van der Waals surface area contributed by atoms with Crippen molar-refractivity contribution in [2.75, 3.05) is 49.1 Å². The number of carbonyl (C=O) groups excluding carboxylic acids is 1. The van der Waals surface area contributed by atoms with Gasteiger partial charge < -0.3 is 14.7 Å². The lowest BCUT2D eigenvalue weighted by Crippen LogP contribution is -2.50. The minimum Gasteiger partial charge on any atom is -0.368 e. The minimum atomic E-state index is -0.130. The van der Waals surface area contributed by atoms with Gasteiger partial charge in [0.25, 0.3) is 5.56 Å². The van der Waals surface area contributed by atoms with Crippen molar-refractivity contribution in [1.29, 1.82) is 0 Å². The van der Waals surface area contributed by atoms with Crippen LogP contribution in [0, 0.1) is 13.8 Å². The van der Waals surface area contributed by atoms with Gasteiger partial charge in [0.05, 0.1) is 5.52 Å². The molecular formula is C24H31N5O2S. The van der Waals surface area contributed by atoms with E-state index in [2.05, 4.69) is 36.9 Å². The van der Waals surface area contributed by atoms with Crippen LogP contribution in [0.1, 0.15) is 25.0 Å². The Morgan fingerprint density at radius 1 is 1.09 bits per heavy atom. The van der Waals surface area contributed by atoms with Crippen molar-refractivity contribution in [3.63, 3.8) is 0 Å². The van der Waals surface area contributed by atoms with E-state index in [9.17, 15) is 9.59 Å². The lowest BCUT2D eigenvalue weighted by Gasteiger charge is -2.37. The molecule has 1 aromatic carbocycles. The molecule has 4 rings (SSSR count). The molecule has 0 bridgehead atoms. The zero-order chi connectivity index (χ0) is 22.8. The van der Waals surface area contributed by atoms with E-state index in [0.29, 0.717) is 29.3 Å².